The average Bonchev–Trinajstić information content (AvgIpc) is 3.47. The first-order valence-corrected chi connectivity index (χ1v) is 10.1. The molecule has 1 aromatic carbocycles. The van der Waals surface area contributed by atoms with Crippen molar-refractivity contribution in [3.63, 3.8) is 0 Å². The molecule has 3 heterocycles. The number of nitrogens with one attached hydrogen (secondary N) is 1. The van der Waals surface area contributed by atoms with Crippen molar-refractivity contribution in [3.05, 3.63) is 48.0 Å². The van der Waals surface area contributed by atoms with Crippen LogP contribution in [0.2, 0.25) is 0 Å². The van der Waals surface area contributed by atoms with E-state index in [0.717, 1.165) is 49.7 Å². The van der Waals surface area contributed by atoms with Crippen LogP contribution >= 0.6 is 0 Å². The Bertz CT molecular complexity index is 815. The fourth-order valence-corrected chi connectivity index (χ4v) is 4.39. The van der Waals surface area contributed by atoms with Gasteiger partial charge in [-0.1, -0.05) is 18.2 Å². The van der Waals surface area contributed by atoms with Crippen molar-refractivity contribution in [2.24, 2.45) is 7.05 Å². The minimum absolute atomic E-state index is 0.0411. The van der Waals surface area contributed by atoms with Gasteiger partial charge >= 0.3 is 6.03 Å². The van der Waals surface area contributed by atoms with Crippen LogP contribution in [-0.4, -0.2) is 64.7 Å². The highest BCUT2D eigenvalue weighted by atomic mass is 16.5. The van der Waals surface area contributed by atoms with E-state index in [1.54, 1.807) is 13.3 Å². The zero-order valence-electron chi connectivity index (χ0n) is 16.7. The van der Waals surface area contributed by atoms with Gasteiger partial charge < -0.3 is 19.5 Å². The zero-order valence-corrected chi connectivity index (χ0v) is 16.7. The standard InChI is InChI=1S/C21H29N5O2/c1-24-14-10-22-20(24)19(17-7-3-4-8-18(17)28-2)23-21(27)26-13-9-16(15-26)25-11-5-6-12-25/h3-4,7-8,10,14,16,19H,5-6,9,11-13,15H2,1-2H3,(H,23,27). The van der Waals surface area contributed by atoms with Gasteiger partial charge in [0.15, 0.2) is 0 Å². The lowest BCUT2D eigenvalue weighted by atomic mass is 10.0. The van der Waals surface area contributed by atoms with E-state index in [4.69, 9.17) is 4.74 Å². The summed E-state index contributed by atoms with van der Waals surface area (Å²) < 4.78 is 7.49. The van der Waals surface area contributed by atoms with E-state index in [0.29, 0.717) is 6.04 Å². The first kappa shape index (κ1) is 18.8. The fourth-order valence-electron chi connectivity index (χ4n) is 4.39. The van der Waals surface area contributed by atoms with Crippen LogP contribution in [-0.2, 0) is 7.05 Å². The van der Waals surface area contributed by atoms with Crippen LogP contribution in [0.5, 0.6) is 5.75 Å². The van der Waals surface area contributed by atoms with Gasteiger partial charge in [0.1, 0.15) is 17.6 Å². The summed E-state index contributed by atoms with van der Waals surface area (Å²) in [6.07, 6.45) is 7.25. The number of carbonyl (C=O) groups excluding carboxylic acids is 1. The first-order chi connectivity index (χ1) is 13.7. The van der Waals surface area contributed by atoms with Gasteiger partial charge in [0, 0.05) is 44.1 Å². The molecule has 2 aliphatic heterocycles. The van der Waals surface area contributed by atoms with Gasteiger partial charge in [-0.2, -0.15) is 0 Å². The SMILES string of the molecule is COc1ccccc1C(NC(=O)N1CCC(N2CCCC2)C1)c1nccn1C. The van der Waals surface area contributed by atoms with Gasteiger partial charge in [-0.3, -0.25) is 4.90 Å². The number of hydrogen-bond donors (Lipinski definition) is 1. The molecule has 0 aliphatic carbocycles. The molecule has 2 saturated heterocycles. The molecule has 2 atom stereocenters. The lowest BCUT2D eigenvalue weighted by molar-refractivity contribution is 0.196. The van der Waals surface area contributed by atoms with E-state index in [1.807, 2.05) is 47.0 Å². The Morgan fingerprint density at radius 2 is 2.04 bits per heavy atom. The van der Waals surface area contributed by atoms with Crippen molar-refractivity contribution >= 4 is 6.03 Å². The molecule has 150 valence electrons. The van der Waals surface area contributed by atoms with E-state index in [-0.39, 0.29) is 12.1 Å². The van der Waals surface area contributed by atoms with Gasteiger partial charge in [-0.05, 0) is 38.4 Å². The molecule has 7 heteroatoms. The Morgan fingerprint density at radius 1 is 1.25 bits per heavy atom. The molecule has 2 aliphatic rings. The molecule has 1 N–H and O–H groups in total. The predicted molar refractivity (Wildman–Crippen MR) is 107 cm³/mol. The van der Waals surface area contributed by atoms with Crippen molar-refractivity contribution in [2.45, 2.75) is 31.3 Å². The summed E-state index contributed by atoms with van der Waals surface area (Å²) in [5.41, 5.74) is 0.905. The van der Waals surface area contributed by atoms with Gasteiger partial charge in [-0.25, -0.2) is 9.78 Å². The smallest absolute Gasteiger partial charge is 0.318 e. The quantitative estimate of drug-likeness (QED) is 0.861. The summed E-state index contributed by atoms with van der Waals surface area (Å²) in [6, 6.07) is 7.87. The molecule has 4 rings (SSSR count). The number of aromatic nitrogens is 2. The molecule has 2 amide bonds. The Morgan fingerprint density at radius 3 is 2.75 bits per heavy atom. The Hall–Kier alpha value is -2.54. The average molecular weight is 383 g/mol. The van der Waals surface area contributed by atoms with Gasteiger partial charge in [0.05, 0.1) is 7.11 Å². The summed E-state index contributed by atoms with van der Waals surface area (Å²) in [5.74, 6) is 1.53. The molecule has 0 saturated carbocycles. The second-order valence-electron chi connectivity index (χ2n) is 7.65. The van der Waals surface area contributed by atoms with E-state index >= 15 is 0 Å². The maximum absolute atomic E-state index is 13.1. The highest BCUT2D eigenvalue weighted by Crippen LogP contribution is 2.29. The van der Waals surface area contributed by atoms with E-state index < -0.39 is 0 Å². The number of methoxy groups -OCH3 is 1. The highest BCUT2D eigenvalue weighted by molar-refractivity contribution is 5.75. The van der Waals surface area contributed by atoms with Crippen molar-refractivity contribution in [3.8, 4) is 5.75 Å². The van der Waals surface area contributed by atoms with Crippen LogP contribution in [0.1, 0.15) is 36.7 Å². The summed E-state index contributed by atoms with van der Waals surface area (Å²) in [4.78, 5) is 22.1. The molecule has 7 nitrogen and oxygen atoms in total. The molecule has 2 unspecified atom stereocenters. The van der Waals surface area contributed by atoms with Gasteiger partial charge in [0.2, 0.25) is 0 Å². The number of rotatable bonds is 5. The lowest BCUT2D eigenvalue weighted by Crippen LogP contribution is -2.43. The van der Waals surface area contributed by atoms with Crippen LogP contribution in [0.25, 0.3) is 0 Å². The molecular formula is C21H29N5O2. The third-order valence-electron chi connectivity index (χ3n) is 5.94. The number of imidazole rings is 1. The molecular weight excluding hydrogens is 354 g/mol. The van der Waals surface area contributed by atoms with Crippen LogP contribution in [0.4, 0.5) is 4.79 Å². The van der Waals surface area contributed by atoms with Crippen molar-refractivity contribution in [2.75, 3.05) is 33.3 Å². The Labute approximate surface area is 166 Å². The third kappa shape index (κ3) is 3.71. The molecule has 0 spiro atoms. The monoisotopic (exact) mass is 383 g/mol. The summed E-state index contributed by atoms with van der Waals surface area (Å²) in [7, 11) is 3.59. The third-order valence-corrected chi connectivity index (χ3v) is 5.94. The molecule has 2 aromatic rings. The number of likely N-dealkylation sites (tertiary alicyclic amines) is 2. The Balaban J connectivity index is 1.53. The molecule has 0 radical (unpaired) electrons. The van der Waals surface area contributed by atoms with Crippen molar-refractivity contribution in [1.82, 2.24) is 24.7 Å². The normalized spacial score (nSPS) is 21.1. The van der Waals surface area contributed by atoms with Gasteiger partial charge in [-0.15, -0.1) is 0 Å². The lowest BCUT2D eigenvalue weighted by Gasteiger charge is -2.26. The minimum Gasteiger partial charge on any atom is -0.496 e. The second kappa shape index (κ2) is 8.22. The number of ether oxygens (including phenoxy) is 1. The summed E-state index contributed by atoms with van der Waals surface area (Å²) in [6.45, 7) is 3.92. The molecule has 28 heavy (non-hydrogen) atoms. The zero-order chi connectivity index (χ0) is 19.5. The van der Waals surface area contributed by atoms with Crippen LogP contribution in [0.3, 0.4) is 0 Å². The van der Waals surface area contributed by atoms with Crippen LogP contribution in [0, 0.1) is 0 Å². The first-order valence-electron chi connectivity index (χ1n) is 10.1. The number of urea groups is 1. The fraction of sp³-hybridized carbons (Fsp3) is 0.524. The minimum atomic E-state index is -0.366. The Kier molecular flexibility index (Phi) is 5.52. The van der Waals surface area contributed by atoms with Crippen LogP contribution in [0.15, 0.2) is 36.7 Å². The summed E-state index contributed by atoms with van der Waals surface area (Å²) in [5, 5.41) is 3.21. The van der Waals surface area contributed by atoms with Crippen molar-refractivity contribution < 1.29 is 9.53 Å². The number of hydrogen-bond acceptors (Lipinski definition) is 4. The maximum atomic E-state index is 13.1. The number of carbonyl (C=O) groups is 1. The highest BCUT2D eigenvalue weighted by Gasteiger charge is 2.33. The largest absolute Gasteiger partial charge is 0.496 e. The van der Waals surface area contributed by atoms with Crippen molar-refractivity contribution in [1.29, 1.82) is 0 Å². The number of amides is 2. The maximum Gasteiger partial charge on any atom is 0.318 e. The van der Waals surface area contributed by atoms with E-state index in [1.165, 1.54) is 12.8 Å². The van der Waals surface area contributed by atoms with E-state index in [9.17, 15) is 4.79 Å². The number of nitrogens with zero attached hydrogens (tertiary/aromatic N) is 4. The topological polar surface area (TPSA) is 62.6 Å². The van der Waals surface area contributed by atoms with E-state index in [2.05, 4.69) is 15.2 Å². The molecule has 0 bridgehead atoms. The second-order valence-corrected chi connectivity index (χ2v) is 7.65. The van der Waals surface area contributed by atoms with Gasteiger partial charge in [0.25, 0.3) is 0 Å². The predicted octanol–water partition coefficient (Wildman–Crippen LogP) is 2.40. The molecule has 1 aromatic heterocycles. The number of para-hydroxylation sites is 1. The summed E-state index contributed by atoms with van der Waals surface area (Å²) >= 11 is 0. The van der Waals surface area contributed by atoms with Crippen LogP contribution < -0.4 is 10.1 Å². The number of benzene rings is 1. The number of aryl methyl sites for hydroxylation is 1. The molecule has 2 fully saturated rings.